The summed E-state index contributed by atoms with van der Waals surface area (Å²) in [6.45, 7) is 0.254. The number of nitrogens with zero attached hydrogens (tertiary/aromatic N) is 3. The van der Waals surface area contributed by atoms with Gasteiger partial charge in [-0.25, -0.2) is 4.39 Å². The lowest BCUT2D eigenvalue weighted by molar-refractivity contribution is -0.385. The lowest BCUT2D eigenvalue weighted by Crippen LogP contribution is -2.34. The van der Waals surface area contributed by atoms with Gasteiger partial charge in [0, 0.05) is 24.2 Å². The van der Waals surface area contributed by atoms with E-state index in [0.29, 0.717) is 0 Å². The van der Waals surface area contributed by atoms with Gasteiger partial charge in [-0.15, -0.1) is 0 Å². The van der Waals surface area contributed by atoms with Crippen molar-refractivity contribution in [3.05, 3.63) is 39.7 Å². The van der Waals surface area contributed by atoms with Crippen LogP contribution in [0.1, 0.15) is 29.6 Å². The molecule has 1 amide bonds. The van der Waals surface area contributed by atoms with Gasteiger partial charge in [-0.2, -0.15) is 5.26 Å². The highest BCUT2D eigenvalue weighted by atomic mass is 19.1. The van der Waals surface area contributed by atoms with Crippen molar-refractivity contribution in [3.8, 4) is 6.07 Å². The summed E-state index contributed by atoms with van der Waals surface area (Å²) in [6.07, 6.45) is 1.86. The topological polar surface area (TPSA) is 87.2 Å². The minimum absolute atomic E-state index is 0.0539. The van der Waals surface area contributed by atoms with E-state index in [9.17, 15) is 19.3 Å². The van der Waals surface area contributed by atoms with E-state index in [2.05, 4.69) is 0 Å². The Bertz CT molecular complexity index is 593. The van der Waals surface area contributed by atoms with Crippen molar-refractivity contribution in [1.82, 2.24) is 4.90 Å². The summed E-state index contributed by atoms with van der Waals surface area (Å²) in [5.74, 6) is -1.29. The average molecular weight is 277 g/mol. The molecule has 1 fully saturated rings. The molecular formula is C13H12FN3O3. The fraction of sp³-hybridized carbons (Fsp3) is 0.385. The van der Waals surface area contributed by atoms with Gasteiger partial charge in [-0.3, -0.25) is 14.9 Å². The zero-order chi connectivity index (χ0) is 14.7. The van der Waals surface area contributed by atoms with Crippen molar-refractivity contribution in [1.29, 1.82) is 5.26 Å². The zero-order valence-electron chi connectivity index (χ0n) is 10.6. The fourth-order valence-corrected chi connectivity index (χ4v) is 1.98. The van der Waals surface area contributed by atoms with E-state index in [1.807, 2.05) is 6.07 Å². The summed E-state index contributed by atoms with van der Waals surface area (Å²) in [5, 5.41) is 19.3. The van der Waals surface area contributed by atoms with Crippen LogP contribution in [-0.4, -0.2) is 28.3 Å². The predicted molar refractivity (Wildman–Crippen MR) is 67.3 cm³/mol. The summed E-state index contributed by atoms with van der Waals surface area (Å²) in [6, 6.07) is 4.82. The van der Waals surface area contributed by atoms with Crippen molar-refractivity contribution in [2.45, 2.75) is 25.3 Å². The highest BCUT2D eigenvalue weighted by Gasteiger charge is 2.33. The highest BCUT2D eigenvalue weighted by Crippen LogP contribution is 2.29. The van der Waals surface area contributed by atoms with Crippen LogP contribution in [0.3, 0.4) is 0 Å². The van der Waals surface area contributed by atoms with Gasteiger partial charge >= 0.3 is 0 Å². The number of halogens is 1. The summed E-state index contributed by atoms with van der Waals surface area (Å²) in [7, 11) is 0. The number of carbonyl (C=O) groups excluding carboxylic acids is 1. The Kier molecular flexibility index (Phi) is 3.94. The summed E-state index contributed by atoms with van der Waals surface area (Å²) in [5.41, 5.74) is -0.508. The van der Waals surface area contributed by atoms with Crippen LogP contribution < -0.4 is 0 Å². The van der Waals surface area contributed by atoms with Gasteiger partial charge in [0.05, 0.1) is 23.5 Å². The average Bonchev–Trinajstić information content (AvgIpc) is 3.22. The molecule has 1 aromatic carbocycles. The Hall–Kier alpha value is -2.49. The minimum atomic E-state index is -0.821. The smallest absolute Gasteiger partial charge is 0.273 e. The molecule has 0 radical (unpaired) electrons. The fourth-order valence-electron chi connectivity index (χ4n) is 1.98. The standard InChI is InChI=1S/C13H12FN3O3/c14-10-6-9(7-12(8-10)17(19)20)13(18)16(5-1-4-15)11-2-3-11/h6-8,11H,1-3,5H2. The van der Waals surface area contributed by atoms with Crippen molar-refractivity contribution in [2.24, 2.45) is 0 Å². The molecule has 0 heterocycles. The number of amides is 1. The number of hydrogen-bond donors (Lipinski definition) is 0. The van der Waals surface area contributed by atoms with Crippen LogP contribution in [0.15, 0.2) is 18.2 Å². The molecular weight excluding hydrogens is 265 g/mol. The molecule has 1 saturated carbocycles. The first-order chi connectivity index (χ1) is 9.52. The maximum absolute atomic E-state index is 13.4. The van der Waals surface area contributed by atoms with E-state index in [4.69, 9.17) is 5.26 Å². The second kappa shape index (κ2) is 5.65. The van der Waals surface area contributed by atoms with Crippen LogP contribution in [0, 0.1) is 27.3 Å². The number of nitro benzene ring substituents is 1. The van der Waals surface area contributed by atoms with E-state index in [1.165, 1.54) is 4.90 Å². The van der Waals surface area contributed by atoms with Crippen LogP contribution in [0.5, 0.6) is 0 Å². The molecule has 2 rings (SSSR count). The van der Waals surface area contributed by atoms with Gasteiger partial charge in [-0.05, 0) is 18.9 Å². The van der Waals surface area contributed by atoms with E-state index in [-0.39, 0.29) is 24.6 Å². The van der Waals surface area contributed by atoms with E-state index >= 15 is 0 Å². The molecule has 104 valence electrons. The molecule has 1 aromatic rings. The number of nitriles is 1. The minimum Gasteiger partial charge on any atom is -0.335 e. The zero-order valence-corrected chi connectivity index (χ0v) is 10.6. The van der Waals surface area contributed by atoms with Crippen LogP contribution in [-0.2, 0) is 0 Å². The monoisotopic (exact) mass is 277 g/mol. The number of nitro groups is 1. The predicted octanol–water partition coefficient (Wildman–Crippen LogP) is 2.25. The van der Waals surface area contributed by atoms with Gasteiger partial charge in [0.2, 0.25) is 0 Å². The van der Waals surface area contributed by atoms with Gasteiger partial charge in [0.15, 0.2) is 0 Å². The summed E-state index contributed by atoms with van der Waals surface area (Å²) < 4.78 is 13.4. The molecule has 0 aromatic heterocycles. The van der Waals surface area contributed by atoms with Crippen LogP contribution >= 0.6 is 0 Å². The maximum atomic E-state index is 13.4. The normalized spacial score (nSPS) is 13.6. The van der Waals surface area contributed by atoms with Crippen LogP contribution in [0.25, 0.3) is 0 Å². The van der Waals surface area contributed by atoms with E-state index < -0.39 is 22.3 Å². The van der Waals surface area contributed by atoms with E-state index in [0.717, 1.165) is 31.0 Å². The lowest BCUT2D eigenvalue weighted by Gasteiger charge is -2.21. The molecule has 6 nitrogen and oxygen atoms in total. The molecule has 0 aliphatic heterocycles. The Morgan fingerprint density at radius 1 is 1.50 bits per heavy atom. The molecule has 0 bridgehead atoms. The third-order valence-corrected chi connectivity index (χ3v) is 3.05. The molecule has 0 N–H and O–H groups in total. The first-order valence-electron chi connectivity index (χ1n) is 6.16. The summed E-state index contributed by atoms with van der Waals surface area (Å²) in [4.78, 5) is 23.7. The second-order valence-corrected chi connectivity index (χ2v) is 4.59. The molecule has 1 aliphatic carbocycles. The first-order valence-corrected chi connectivity index (χ1v) is 6.16. The van der Waals surface area contributed by atoms with Crippen molar-refractivity contribution in [3.63, 3.8) is 0 Å². The molecule has 0 saturated heterocycles. The Balaban J connectivity index is 2.26. The number of hydrogen-bond acceptors (Lipinski definition) is 4. The van der Waals surface area contributed by atoms with E-state index in [1.54, 1.807) is 0 Å². The molecule has 0 spiro atoms. The molecule has 0 unspecified atom stereocenters. The molecule has 1 aliphatic rings. The largest absolute Gasteiger partial charge is 0.335 e. The molecule has 20 heavy (non-hydrogen) atoms. The SMILES string of the molecule is N#CCCN(C(=O)c1cc(F)cc([N+](=O)[O-])c1)C1CC1. The van der Waals surface area contributed by atoms with Crippen molar-refractivity contribution >= 4 is 11.6 Å². The number of non-ortho nitro benzene ring substituents is 1. The lowest BCUT2D eigenvalue weighted by atomic mass is 10.1. The van der Waals surface area contributed by atoms with Crippen molar-refractivity contribution in [2.75, 3.05) is 6.54 Å². The van der Waals surface area contributed by atoms with Gasteiger partial charge in [-0.1, -0.05) is 0 Å². The van der Waals surface area contributed by atoms with Gasteiger partial charge < -0.3 is 4.90 Å². The quantitative estimate of drug-likeness (QED) is 0.610. The third-order valence-electron chi connectivity index (χ3n) is 3.05. The summed E-state index contributed by atoms with van der Waals surface area (Å²) >= 11 is 0. The number of carbonyl (C=O) groups is 1. The Morgan fingerprint density at radius 3 is 2.75 bits per heavy atom. The maximum Gasteiger partial charge on any atom is 0.273 e. The number of rotatable bonds is 5. The first kappa shape index (κ1) is 13.9. The Morgan fingerprint density at radius 2 is 2.20 bits per heavy atom. The molecule has 7 heteroatoms. The Labute approximate surface area is 114 Å². The highest BCUT2D eigenvalue weighted by molar-refractivity contribution is 5.95. The second-order valence-electron chi connectivity index (χ2n) is 4.59. The third kappa shape index (κ3) is 3.09. The number of benzene rings is 1. The van der Waals surface area contributed by atoms with Gasteiger partial charge in [0.25, 0.3) is 11.6 Å². The van der Waals surface area contributed by atoms with Crippen molar-refractivity contribution < 1.29 is 14.1 Å². The van der Waals surface area contributed by atoms with Crippen LogP contribution in [0.4, 0.5) is 10.1 Å². The van der Waals surface area contributed by atoms with Crippen LogP contribution in [0.2, 0.25) is 0 Å². The molecule has 0 atom stereocenters. The van der Waals surface area contributed by atoms with Gasteiger partial charge in [0.1, 0.15) is 5.82 Å².